The van der Waals surface area contributed by atoms with Gasteiger partial charge in [0.25, 0.3) is 0 Å². The lowest BCUT2D eigenvalue weighted by Crippen LogP contribution is -2.58. The maximum Gasteiger partial charge on any atom is 0.305 e. The Balaban J connectivity index is 1.53. The van der Waals surface area contributed by atoms with E-state index < -0.39 is 0 Å². The Morgan fingerprint density at radius 2 is 1.72 bits per heavy atom. The number of esters is 1. The van der Waals surface area contributed by atoms with E-state index in [9.17, 15) is 15.0 Å². The van der Waals surface area contributed by atoms with Crippen molar-refractivity contribution in [1.29, 1.82) is 0 Å². The second-order valence-electron chi connectivity index (χ2n) is 11.5. The third-order valence-electron chi connectivity index (χ3n) is 10.4. The molecule has 166 valence electrons. The summed E-state index contributed by atoms with van der Waals surface area (Å²) in [6.07, 6.45) is 9.80. The van der Waals surface area contributed by atoms with Crippen molar-refractivity contribution >= 4 is 5.97 Å². The van der Waals surface area contributed by atoms with Gasteiger partial charge in [0.05, 0.1) is 19.3 Å². The molecule has 2 N–H and O–H groups in total. The number of carbonyl (C=O) groups is 1. The molecule has 4 saturated carbocycles. The van der Waals surface area contributed by atoms with Gasteiger partial charge < -0.3 is 14.9 Å². The molecular formula is C25H42O4. The largest absolute Gasteiger partial charge is 0.469 e. The molecule has 0 aromatic carbocycles. The van der Waals surface area contributed by atoms with E-state index >= 15 is 0 Å². The van der Waals surface area contributed by atoms with Crippen LogP contribution in [0.15, 0.2) is 0 Å². The van der Waals surface area contributed by atoms with Crippen LogP contribution in [0.1, 0.15) is 85.0 Å². The SMILES string of the molecule is COC(=O)CC[C@@H](C)C1CCC2C3C(O)CC4C[C@H](O)CC[C@]4(C)C3CC[C@@]21C. The van der Waals surface area contributed by atoms with E-state index in [2.05, 4.69) is 20.8 Å². The van der Waals surface area contributed by atoms with Gasteiger partial charge in [0, 0.05) is 6.42 Å². The van der Waals surface area contributed by atoms with Crippen molar-refractivity contribution in [3.8, 4) is 0 Å². The monoisotopic (exact) mass is 406 g/mol. The number of hydrogen-bond acceptors (Lipinski definition) is 4. The van der Waals surface area contributed by atoms with Crippen molar-refractivity contribution in [2.45, 2.75) is 97.2 Å². The zero-order chi connectivity index (χ0) is 21.0. The van der Waals surface area contributed by atoms with Gasteiger partial charge in [-0.25, -0.2) is 0 Å². The van der Waals surface area contributed by atoms with E-state index in [0.717, 1.165) is 32.1 Å². The second kappa shape index (κ2) is 7.82. The third-order valence-corrected chi connectivity index (χ3v) is 10.4. The highest BCUT2D eigenvalue weighted by Gasteiger charge is 2.62. The highest BCUT2D eigenvalue weighted by Crippen LogP contribution is 2.68. The van der Waals surface area contributed by atoms with Crippen LogP contribution in [0.3, 0.4) is 0 Å². The van der Waals surface area contributed by atoms with Crippen LogP contribution in [0, 0.1) is 46.3 Å². The molecule has 0 bridgehead atoms. The number of fused-ring (bicyclic) bond motifs is 5. The van der Waals surface area contributed by atoms with Crippen LogP contribution in [-0.4, -0.2) is 35.5 Å². The lowest BCUT2D eigenvalue weighted by Gasteiger charge is -2.62. The predicted molar refractivity (Wildman–Crippen MR) is 113 cm³/mol. The van der Waals surface area contributed by atoms with E-state index in [1.54, 1.807) is 0 Å². The Labute approximate surface area is 176 Å². The quantitative estimate of drug-likeness (QED) is 0.671. The van der Waals surface area contributed by atoms with Gasteiger partial charge in [-0.1, -0.05) is 20.8 Å². The zero-order valence-corrected chi connectivity index (χ0v) is 18.9. The molecule has 10 atom stereocenters. The standard InChI is InChI=1S/C25H42O4/c1-15(5-8-22(28)29-4)18-6-7-19-23-20(10-12-25(18,19)3)24(2)11-9-17(26)13-16(24)14-21(23)27/h15-21,23,26-27H,5-14H2,1-4H3/t15-,16?,17-,18?,19?,20?,21?,23?,24+,25-/m1/s1. The fraction of sp³-hybridized carbons (Fsp3) is 0.960. The molecule has 0 aromatic rings. The van der Waals surface area contributed by atoms with Gasteiger partial charge in [0.2, 0.25) is 0 Å². The van der Waals surface area contributed by atoms with Crippen LogP contribution >= 0.6 is 0 Å². The fourth-order valence-electron chi connectivity index (χ4n) is 8.82. The van der Waals surface area contributed by atoms with Crippen LogP contribution < -0.4 is 0 Å². The molecule has 0 heterocycles. The van der Waals surface area contributed by atoms with E-state index in [4.69, 9.17) is 4.74 Å². The Bertz CT molecular complexity index is 620. The number of methoxy groups -OCH3 is 1. The summed E-state index contributed by atoms with van der Waals surface area (Å²) >= 11 is 0. The van der Waals surface area contributed by atoms with E-state index in [1.807, 2.05) is 0 Å². The molecule has 0 aromatic heterocycles. The minimum atomic E-state index is -0.211. The molecule has 4 aliphatic rings. The number of ether oxygens (including phenoxy) is 1. The molecule has 0 aliphatic heterocycles. The first kappa shape index (κ1) is 21.6. The maximum absolute atomic E-state index is 11.6. The van der Waals surface area contributed by atoms with Crippen molar-refractivity contribution in [2.24, 2.45) is 46.3 Å². The first-order chi connectivity index (χ1) is 13.7. The first-order valence-corrected chi connectivity index (χ1v) is 12.1. The number of aliphatic hydroxyl groups is 2. The van der Waals surface area contributed by atoms with Gasteiger partial charge in [0.15, 0.2) is 0 Å². The summed E-state index contributed by atoms with van der Waals surface area (Å²) in [5.41, 5.74) is 0.577. The molecule has 4 fully saturated rings. The minimum Gasteiger partial charge on any atom is -0.469 e. The summed E-state index contributed by atoms with van der Waals surface area (Å²) in [6.45, 7) is 7.29. The predicted octanol–water partition coefficient (Wildman–Crippen LogP) is 4.57. The van der Waals surface area contributed by atoms with Crippen LogP contribution in [0.25, 0.3) is 0 Å². The molecule has 29 heavy (non-hydrogen) atoms. The van der Waals surface area contributed by atoms with Crippen molar-refractivity contribution < 1.29 is 19.7 Å². The van der Waals surface area contributed by atoms with Crippen LogP contribution in [0.5, 0.6) is 0 Å². The zero-order valence-electron chi connectivity index (χ0n) is 18.9. The lowest BCUT2D eigenvalue weighted by atomic mass is 9.43. The molecule has 0 spiro atoms. The topological polar surface area (TPSA) is 66.8 Å². The smallest absolute Gasteiger partial charge is 0.305 e. The Morgan fingerprint density at radius 3 is 2.45 bits per heavy atom. The van der Waals surface area contributed by atoms with Crippen molar-refractivity contribution in [1.82, 2.24) is 0 Å². The summed E-state index contributed by atoms with van der Waals surface area (Å²) in [4.78, 5) is 11.6. The highest BCUT2D eigenvalue weighted by atomic mass is 16.5. The van der Waals surface area contributed by atoms with Gasteiger partial charge >= 0.3 is 5.97 Å². The summed E-state index contributed by atoms with van der Waals surface area (Å²) in [6, 6.07) is 0. The molecule has 4 aliphatic carbocycles. The van der Waals surface area contributed by atoms with Gasteiger partial charge in [-0.15, -0.1) is 0 Å². The number of rotatable bonds is 4. The Hall–Kier alpha value is -0.610. The average Bonchev–Trinajstić information content (AvgIpc) is 3.04. The van der Waals surface area contributed by atoms with Gasteiger partial charge in [-0.2, -0.15) is 0 Å². The van der Waals surface area contributed by atoms with Crippen molar-refractivity contribution in [2.75, 3.05) is 7.11 Å². The van der Waals surface area contributed by atoms with Crippen LogP contribution in [-0.2, 0) is 9.53 Å². The lowest BCUT2D eigenvalue weighted by molar-refractivity contribution is -0.174. The van der Waals surface area contributed by atoms with Crippen molar-refractivity contribution in [3.05, 3.63) is 0 Å². The van der Waals surface area contributed by atoms with Crippen LogP contribution in [0.2, 0.25) is 0 Å². The molecule has 4 nitrogen and oxygen atoms in total. The summed E-state index contributed by atoms with van der Waals surface area (Å²) in [7, 11) is 1.48. The molecule has 4 rings (SSSR count). The number of carbonyl (C=O) groups excluding carboxylic acids is 1. The highest BCUT2D eigenvalue weighted by molar-refractivity contribution is 5.69. The fourth-order valence-corrected chi connectivity index (χ4v) is 8.82. The maximum atomic E-state index is 11.6. The third kappa shape index (κ3) is 3.46. The number of hydrogen-bond donors (Lipinski definition) is 2. The molecule has 4 heteroatoms. The molecule has 6 unspecified atom stereocenters. The Morgan fingerprint density at radius 1 is 1.03 bits per heavy atom. The average molecular weight is 407 g/mol. The molecule has 0 radical (unpaired) electrons. The van der Waals surface area contributed by atoms with E-state index in [1.165, 1.54) is 32.8 Å². The normalized spacial score (nSPS) is 50.2. The molecular weight excluding hydrogens is 364 g/mol. The summed E-state index contributed by atoms with van der Waals surface area (Å²) in [5, 5.41) is 21.5. The molecule has 0 saturated heterocycles. The second-order valence-corrected chi connectivity index (χ2v) is 11.5. The molecule has 0 amide bonds. The van der Waals surface area contributed by atoms with Gasteiger partial charge in [-0.05, 0) is 104 Å². The van der Waals surface area contributed by atoms with Crippen LogP contribution in [0.4, 0.5) is 0 Å². The van der Waals surface area contributed by atoms with E-state index in [-0.39, 0.29) is 23.6 Å². The minimum absolute atomic E-state index is 0.0959. The van der Waals surface area contributed by atoms with Crippen molar-refractivity contribution in [3.63, 3.8) is 0 Å². The summed E-state index contributed by atoms with van der Waals surface area (Å²) in [5.74, 6) is 3.17. The first-order valence-electron chi connectivity index (χ1n) is 12.1. The van der Waals surface area contributed by atoms with Gasteiger partial charge in [-0.3, -0.25) is 4.79 Å². The van der Waals surface area contributed by atoms with Gasteiger partial charge in [0.1, 0.15) is 0 Å². The summed E-state index contributed by atoms with van der Waals surface area (Å²) < 4.78 is 4.86. The number of aliphatic hydroxyl groups excluding tert-OH is 2. The van der Waals surface area contributed by atoms with E-state index in [0.29, 0.717) is 47.3 Å². The Kier molecular flexibility index (Phi) is 5.83.